The fourth-order valence-electron chi connectivity index (χ4n) is 2.72. The summed E-state index contributed by atoms with van der Waals surface area (Å²) in [6.07, 6.45) is 6.51. The predicted molar refractivity (Wildman–Crippen MR) is 127 cm³/mol. The number of nitrogens with zero attached hydrogens (tertiary/aromatic N) is 4. The van der Waals surface area contributed by atoms with Gasteiger partial charge in [0.1, 0.15) is 0 Å². The van der Waals surface area contributed by atoms with E-state index in [4.69, 9.17) is 4.99 Å². The van der Waals surface area contributed by atoms with Crippen LogP contribution in [-0.2, 0) is 13.0 Å². The molecule has 0 aliphatic carbocycles. The molecule has 6 nitrogen and oxygen atoms in total. The van der Waals surface area contributed by atoms with Crippen molar-refractivity contribution in [2.24, 2.45) is 10.9 Å². The second-order valence-corrected chi connectivity index (χ2v) is 7.47. The Morgan fingerprint density at radius 1 is 1.25 bits per heavy atom. The van der Waals surface area contributed by atoms with Crippen molar-refractivity contribution in [1.29, 1.82) is 0 Å². The SMILES string of the molecule is CCNC(=NCc1ccnc(-n2cccn2)c1)NCC(C)Cc1cccs1.I. The molecule has 3 aromatic heterocycles. The zero-order valence-electron chi connectivity index (χ0n) is 16.2. The molecule has 3 heterocycles. The molecule has 1 unspecified atom stereocenters. The predicted octanol–water partition coefficient (Wildman–Crippen LogP) is 3.88. The van der Waals surface area contributed by atoms with E-state index in [0.717, 1.165) is 36.9 Å². The van der Waals surface area contributed by atoms with Gasteiger partial charge in [0.2, 0.25) is 0 Å². The number of hydrogen-bond acceptors (Lipinski definition) is 4. The molecule has 0 fully saturated rings. The number of pyridine rings is 1. The van der Waals surface area contributed by atoms with Crippen molar-refractivity contribution in [3.05, 3.63) is 64.7 Å². The summed E-state index contributed by atoms with van der Waals surface area (Å²) in [5, 5.41) is 13.1. The molecule has 0 spiro atoms. The topological polar surface area (TPSA) is 67.1 Å². The molecule has 0 radical (unpaired) electrons. The van der Waals surface area contributed by atoms with E-state index in [2.05, 4.69) is 52.1 Å². The third-order valence-electron chi connectivity index (χ3n) is 4.06. The van der Waals surface area contributed by atoms with Crippen molar-refractivity contribution in [1.82, 2.24) is 25.4 Å². The molecular weight excluding hydrogens is 483 g/mol. The smallest absolute Gasteiger partial charge is 0.191 e. The van der Waals surface area contributed by atoms with Crippen molar-refractivity contribution >= 4 is 41.3 Å². The summed E-state index contributed by atoms with van der Waals surface area (Å²) in [6, 6.07) is 10.2. The molecule has 8 heteroatoms. The molecule has 1 atom stereocenters. The van der Waals surface area contributed by atoms with E-state index in [1.807, 2.05) is 35.7 Å². The van der Waals surface area contributed by atoms with Crippen LogP contribution >= 0.6 is 35.3 Å². The molecule has 0 aliphatic rings. The molecule has 0 saturated heterocycles. The van der Waals surface area contributed by atoms with Gasteiger partial charge in [0.25, 0.3) is 0 Å². The van der Waals surface area contributed by atoms with Gasteiger partial charge < -0.3 is 10.6 Å². The van der Waals surface area contributed by atoms with Crippen LogP contribution in [0.3, 0.4) is 0 Å². The Morgan fingerprint density at radius 2 is 2.14 bits per heavy atom. The number of guanidine groups is 1. The summed E-state index contributed by atoms with van der Waals surface area (Å²) in [5.41, 5.74) is 1.10. The first kappa shape index (κ1) is 22.4. The standard InChI is InChI=1S/C20H26N6S.HI/c1-3-21-20(23-14-16(2)12-18-6-4-11-27-18)24-15-17-7-9-22-19(13-17)26-10-5-8-25-26;/h4-11,13,16H,3,12,14-15H2,1-2H3,(H2,21,23,24);1H. The first-order valence-corrected chi connectivity index (χ1v) is 10.1. The molecule has 0 amide bonds. The average molecular weight is 510 g/mol. The zero-order chi connectivity index (χ0) is 18.9. The Morgan fingerprint density at radius 3 is 2.86 bits per heavy atom. The number of rotatable bonds is 8. The number of nitrogens with one attached hydrogen (secondary N) is 2. The minimum Gasteiger partial charge on any atom is -0.357 e. The Balaban J connectivity index is 0.00000280. The van der Waals surface area contributed by atoms with Crippen LogP contribution in [0.2, 0.25) is 0 Å². The molecular formula is C20H27IN6S. The molecule has 2 N–H and O–H groups in total. The third-order valence-corrected chi connectivity index (χ3v) is 4.96. The van der Waals surface area contributed by atoms with E-state index in [-0.39, 0.29) is 24.0 Å². The van der Waals surface area contributed by atoms with Gasteiger partial charge in [-0.15, -0.1) is 35.3 Å². The minimum atomic E-state index is 0. The lowest BCUT2D eigenvalue weighted by molar-refractivity contribution is 0.562. The van der Waals surface area contributed by atoms with Crippen molar-refractivity contribution in [2.75, 3.05) is 13.1 Å². The molecule has 0 saturated carbocycles. The summed E-state index contributed by atoms with van der Waals surface area (Å²) in [5.74, 6) is 2.18. The molecule has 28 heavy (non-hydrogen) atoms. The Bertz CT molecular complexity index is 832. The monoisotopic (exact) mass is 510 g/mol. The summed E-state index contributed by atoms with van der Waals surface area (Å²) in [4.78, 5) is 10.5. The lowest BCUT2D eigenvalue weighted by Gasteiger charge is -2.15. The van der Waals surface area contributed by atoms with Crippen LogP contribution in [0.15, 0.2) is 59.3 Å². The number of aliphatic imine (C=N–C) groups is 1. The van der Waals surface area contributed by atoms with Crippen molar-refractivity contribution < 1.29 is 0 Å². The largest absolute Gasteiger partial charge is 0.357 e. The van der Waals surface area contributed by atoms with E-state index in [1.165, 1.54) is 4.88 Å². The lowest BCUT2D eigenvalue weighted by atomic mass is 10.1. The van der Waals surface area contributed by atoms with Gasteiger partial charge in [-0.25, -0.2) is 14.7 Å². The second-order valence-electron chi connectivity index (χ2n) is 6.44. The Kier molecular flexibility index (Phi) is 9.42. The van der Waals surface area contributed by atoms with E-state index in [0.29, 0.717) is 12.5 Å². The molecule has 3 aromatic rings. The van der Waals surface area contributed by atoms with Gasteiger partial charge in [-0.3, -0.25) is 0 Å². The first-order chi connectivity index (χ1) is 13.2. The quantitative estimate of drug-likeness (QED) is 0.274. The molecule has 0 aromatic carbocycles. The van der Waals surface area contributed by atoms with Gasteiger partial charge in [-0.2, -0.15) is 5.10 Å². The molecule has 3 rings (SSSR count). The van der Waals surface area contributed by atoms with Crippen LogP contribution in [0.25, 0.3) is 5.82 Å². The van der Waals surface area contributed by atoms with Gasteiger partial charge >= 0.3 is 0 Å². The maximum atomic E-state index is 4.71. The number of aromatic nitrogens is 3. The normalized spacial score (nSPS) is 12.3. The van der Waals surface area contributed by atoms with Gasteiger partial charge in [-0.1, -0.05) is 13.0 Å². The van der Waals surface area contributed by atoms with Crippen LogP contribution in [0.5, 0.6) is 0 Å². The van der Waals surface area contributed by atoms with E-state index in [1.54, 1.807) is 17.1 Å². The van der Waals surface area contributed by atoms with Gasteiger partial charge in [0.15, 0.2) is 11.8 Å². The number of hydrogen-bond donors (Lipinski definition) is 2. The van der Waals surface area contributed by atoms with E-state index < -0.39 is 0 Å². The third kappa shape index (κ3) is 6.90. The number of thiophene rings is 1. The molecule has 0 bridgehead atoms. The summed E-state index contributed by atoms with van der Waals surface area (Å²) < 4.78 is 1.75. The summed E-state index contributed by atoms with van der Waals surface area (Å²) in [7, 11) is 0. The summed E-state index contributed by atoms with van der Waals surface area (Å²) >= 11 is 1.82. The van der Waals surface area contributed by atoms with Crippen molar-refractivity contribution in [3.63, 3.8) is 0 Å². The van der Waals surface area contributed by atoms with Gasteiger partial charge in [-0.05, 0) is 54.5 Å². The minimum absolute atomic E-state index is 0. The average Bonchev–Trinajstić information content (AvgIpc) is 3.38. The highest BCUT2D eigenvalue weighted by atomic mass is 127. The highest BCUT2D eigenvalue weighted by molar-refractivity contribution is 14.0. The fraction of sp³-hybridized carbons (Fsp3) is 0.350. The Labute approximate surface area is 187 Å². The molecule has 0 aliphatic heterocycles. The highest BCUT2D eigenvalue weighted by Gasteiger charge is 2.06. The van der Waals surface area contributed by atoms with Crippen LogP contribution in [0, 0.1) is 5.92 Å². The maximum Gasteiger partial charge on any atom is 0.191 e. The molecule has 150 valence electrons. The van der Waals surface area contributed by atoms with Crippen LogP contribution in [0.4, 0.5) is 0 Å². The maximum absolute atomic E-state index is 4.71. The lowest BCUT2D eigenvalue weighted by Crippen LogP contribution is -2.39. The van der Waals surface area contributed by atoms with Crippen molar-refractivity contribution in [2.45, 2.75) is 26.8 Å². The number of halogens is 1. The van der Waals surface area contributed by atoms with Crippen LogP contribution in [0.1, 0.15) is 24.3 Å². The summed E-state index contributed by atoms with van der Waals surface area (Å²) in [6.45, 7) is 6.65. The zero-order valence-corrected chi connectivity index (χ0v) is 19.4. The van der Waals surface area contributed by atoms with Gasteiger partial charge in [0.05, 0.1) is 6.54 Å². The fourth-order valence-corrected chi connectivity index (χ4v) is 3.59. The first-order valence-electron chi connectivity index (χ1n) is 9.24. The van der Waals surface area contributed by atoms with Crippen LogP contribution < -0.4 is 10.6 Å². The van der Waals surface area contributed by atoms with E-state index >= 15 is 0 Å². The van der Waals surface area contributed by atoms with E-state index in [9.17, 15) is 0 Å². The van der Waals surface area contributed by atoms with Crippen molar-refractivity contribution in [3.8, 4) is 5.82 Å². The van der Waals surface area contributed by atoms with Crippen LogP contribution in [-0.4, -0.2) is 33.8 Å². The highest BCUT2D eigenvalue weighted by Crippen LogP contribution is 2.13. The Hall–Kier alpha value is -1.94. The second kappa shape index (κ2) is 11.8. The van der Waals surface area contributed by atoms with Gasteiger partial charge in [0, 0.05) is 36.6 Å².